The maximum Gasteiger partial charge on any atom is 0.138 e. The van der Waals surface area contributed by atoms with Crippen molar-refractivity contribution in [1.82, 2.24) is 19.9 Å². The van der Waals surface area contributed by atoms with E-state index in [9.17, 15) is 8.78 Å². The molecule has 4 aromatic heterocycles. The third-order valence-corrected chi connectivity index (χ3v) is 6.94. The molecule has 0 aliphatic carbocycles. The molecule has 2 aromatic carbocycles. The third-order valence-electron chi connectivity index (χ3n) is 4.68. The van der Waals surface area contributed by atoms with Gasteiger partial charge in [0.15, 0.2) is 0 Å². The molecule has 6 aromatic rings. The van der Waals surface area contributed by atoms with Gasteiger partial charge >= 0.3 is 0 Å². The lowest BCUT2D eigenvalue weighted by Gasteiger charge is -1.99. The smallest absolute Gasteiger partial charge is 0.138 e. The molecule has 0 unspecified atom stereocenters. The minimum atomic E-state index is -0.220. The van der Waals surface area contributed by atoms with Gasteiger partial charge in [-0.2, -0.15) is 0 Å². The van der Waals surface area contributed by atoms with Crippen LogP contribution in [0.15, 0.2) is 112 Å². The Kier molecular flexibility index (Phi) is 10.3. The fraction of sp³-hybridized carbons (Fsp3) is 0.0370. The number of halogens is 3. The monoisotopic (exact) mass is 632 g/mol. The number of pyridine rings is 2. The summed E-state index contributed by atoms with van der Waals surface area (Å²) in [6.45, 7) is 0. The molecule has 0 spiro atoms. The molecule has 4 heterocycles. The first-order valence-electron chi connectivity index (χ1n) is 10.4. The summed E-state index contributed by atoms with van der Waals surface area (Å²) in [5.41, 5.74) is 1.84. The number of aromatic amines is 2. The Morgan fingerprint density at radius 1 is 0.722 bits per heavy atom. The highest BCUT2D eigenvalue weighted by Gasteiger charge is 2.05. The Hall–Kier alpha value is -2.89. The normalized spacial score (nSPS) is 10.1. The van der Waals surface area contributed by atoms with Gasteiger partial charge < -0.3 is 9.97 Å². The second-order valence-electron chi connectivity index (χ2n) is 7.12. The fourth-order valence-corrected chi connectivity index (χ4v) is 4.67. The predicted molar refractivity (Wildman–Crippen MR) is 156 cm³/mol. The van der Waals surface area contributed by atoms with Crippen LogP contribution in [-0.4, -0.2) is 19.9 Å². The van der Waals surface area contributed by atoms with E-state index in [0.717, 1.165) is 31.4 Å². The van der Waals surface area contributed by atoms with Crippen molar-refractivity contribution in [2.24, 2.45) is 0 Å². The van der Waals surface area contributed by atoms with Crippen molar-refractivity contribution in [3.63, 3.8) is 0 Å². The second kappa shape index (κ2) is 13.4. The molecule has 0 aliphatic heterocycles. The Bertz CT molecular complexity index is 1500. The molecule has 0 fully saturated rings. The van der Waals surface area contributed by atoms with Gasteiger partial charge in [0, 0.05) is 53.8 Å². The minimum absolute atomic E-state index is 0. The van der Waals surface area contributed by atoms with Gasteiger partial charge in [0.25, 0.3) is 0 Å². The molecule has 36 heavy (non-hydrogen) atoms. The van der Waals surface area contributed by atoms with Crippen LogP contribution in [0, 0.1) is 15.2 Å². The van der Waals surface area contributed by atoms with E-state index in [1.807, 2.05) is 30.6 Å². The van der Waals surface area contributed by atoms with Crippen molar-refractivity contribution >= 4 is 69.0 Å². The molecule has 9 heteroatoms. The van der Waals surface area contributed by atoms with Crippen molar-refractivity contribution in [3.8, 4) is 0 Å². The van der Waals surface area contributed by atoms with Crippen LogP contribution in [0.5, 0.6) is 0 Å². The van der Waals surface area contributed by atoms with Crippen LogP contribution in [0.3, 0.4) is 0 Å². The zero-order valence-corrected chi connectivity index (χ0v) is 22.0. The lowest BCUT2D eigenvalue weighted by molar-refractivity contribution is 0.626. The molecule has 0 radical (unpaired) electrons. The van der Waals surface area contributed by atoms with E-state index in [1.165, 1.54) is 33.2 Å². The molecule has 2 N–H and O–H groups in total. The number of benzene rings is 2. The van der Waals surface area contributed by atoms with E-state index in [2.05, 4.69) is 61.2 Å². The summed E-state index contributed by atoms with van der Waals surface area (Å²) in [6.07, 6.45) is 7.42. The van der Waals surface area contributed by atoms with Gasteiger partial charge in [-0.1, -0.05) is 19.2 Å². The highest BCUT2D eigenvalue weighted by molar-refractivity contribution is 14.1. The van der Waals surface area contributed by atoms with E-state index in [1.54, 1.807) is 48.4 Å². The molecular weight excluding hydrogens is 609 g/mol. The number of hydrogen-bond acceptors (Lipinski definition) is 4. The van der Waals surface area contributed by atoms with E-state index in [-0.39, 0.29) is 19.1 Å². The second-order valence-corrected chi connectivity index (χ2v) is 9.92. The minimum Gasteiger partial charge on any atom is -0.345 e. The van der Waals surface area contributed by atoms with Crippen molar-refractivity contribution in [2.45, 2.75) is 22.1 Å². The Morgan fingerprint density at radius 3 is 1.83 bits per heavy atom. The van der Waals surface area contributed by atoms with E-state index >= 15 is 0 Å². The lowest BCUT2D eigenvalue weighted by atomic mass is 10.3. The number of fused-ring (bicyclic) bond motifs is 2. The van der Waals surface area contributed by atoms with Crippen LogP contribution < -0.4 is 0 Å². The average Bonchev–Trinajstić information content (AvgIpc) is 3.47. The van der Waals surface area contributed by atoms with Crippen LogP contribution in [-0.2, 0) is 0 Å². The first kappa shape index (κ1) is 27.7. The van der Waals surface area contributed by atoms with E-state index in [4.69, 9.17) is 0 Å². The molecule has 0 amide bonds. The summed E-state index contributed by atoms with van der Waals surface area (Å²) in [4.78, 5) is 17.4. The zero-order chi connectivity index (χ0) is 24.6. The Morgan fingerprint density at radius 2 is 1.25 bits per heavy atom. The molecule has 6 rings (SSSR count). The Labute approximate surface area is 231 Å². The maximum atomic E-state index is 12.8. The molecule has 4 nitrogen and oxygen atoms in total. The van der Waals surface area contributed by atoms with E-state index in [0.29, 0.717) is 0 Å². The van der Waals surface area contributed by atoms with Crippen molar-refractivity contribution in [2.75, 3.05) is 0 Å². The number of aromatic nitrogens is 4. The number of hydrogen-bond donors (Lipinski definition) is 3. The first-order chi connectivity index (χ1) is 17.0. The molecular formula is C27H23F2IN4S2. The number of nitrogens with one attached hydrogen (secondary N) is 2. The summed E-state index contributed by atoms with van der Waals surface area (Å²) in [6, 6.07) is 20.4. The van der Waals surface area contributed by atoms with Gasteiger partial charge in [-0.05, 0) is 95.4 Å². The summed E-state index contributed by atoms with van der Waals surface area (Å²) >= 11 is 7.84. The number of H-pyrrole nitrogens is 2. The summed E-state index contributed by atoms with van der Waals surface area (Å²) in [7, 11) is 0. The largest absolute Gasteiger partial charge is 0.345 e. The predicted octanol–water partition coefficient (Wildman–Crippen LogP) is 8.77. The molecule has 184 valence electrons. The topological polar surface area (TPSA) is 57.4 Å². The zero-order valence-electron chi connectivity index (χ0n) is 18.1. The SMILES string of the molecule is C.Fc1ccc(S)cc1.Fc1ccc(Sc2c[nH]c3ncccc23)cc1.Ic1c[nH]c2ncccc12. The highest BCUT2D eigenvalue weighted by atomic mass is 127. The average molecular weight is 633 g/mol. The van der Waals surface area contributed by atoms with Crippen molar-refractivity contribution < 1.29 is 8.78 Å². The third kappa shape index (κ3) is 7.55. The van der Waals surface area contributed by atoms with Crippen molar-refractivity contribution in [3.05, 3.63) is 113 Å². The van der Waals surface area contributed by atoms with Gasteiger partial charge in [-0.15, -0.1) is 12.6 Å². The van der Waals surface area contributed by atoms with Crippen LogP contribution in [0.4, 0.5) is 8.78 Å². The molecule has 0 aliphatic rings. The standard InChI is InChI=1S/C13H9FN2S.C7H5IN2.C6H5FS.CH4/c14-9-3-5-10(6-4-9)17-12-8-16-13-11(12)2-1-7-15-13;8-6-4-10-7-5(6)2-1-3-9-7;7-5-1-3-6(8)4-2-5;/h1-8H,(H,15,16);1-4H,(H,9,10);1-4,8H;1H4. The van der Waals surface area contributed by atoms with Gasteiger partial charge in [-0.25, -0.2) is 18.7 Å². The Balaban J connectivity index is 0.000000162. The van der Waals surface area contributed by atoms with Crippen LogP contribution in [0.2, 0.25) is 0 Å². The molecule has 0 atom stereocenters. The maximum absolute atomic E-state index is 12.8. The summed E-state index contributed by atoms with van der Waals surface area (Å²) in [5.74, 6) is -0.433. The molecule has 0 saturated heterocycles. The lowest BCUT2D eigenvalue weighted by Crippen LogP contribution is -1.75. The summed E-state index contributed by atoms with van der Waals surface area (Å²) < 4.78 is 26.1. The molecule has 0 bridgehead atoms. The molecule has 0 saturated carbocycles. The number of thiol groups is 1. The fourth-order valence-electron chi connectivity index (χ4n) is 3.01. The van der Waals surface area contributed by atoms with Gasteiger partial charge in [0.05, 0.1) is 0 Å². The van der Waals surface area contributed by atoms with Gasteiger partial charge in [0.1, 0.15) is 22.9 Å². The number of rotatable bonds is 2. The van der Waals surface area contributed by atoms with Crippen molar-refractivity contribution in [1.29, 1.82) is 0 Å². The van der Waals surface area contributed by atoms with Gasteiger partial charge in [0.2, 0.25) is 0 Å². The van der Waals surface area contributed by atoms with E-state index < -0.39 is 0 Å². The van der Waals surface area contributed by atoms with Gasteiger partial charge in [-0.3, -0.25) is 0 Å². The highest BCUT2D eigenvalue weighted by Crippen LogP contribution is 2.32. The quantitative estimate of drug-likeness (QED) is 0.132. The van der Waals surface area contributed by atoms with Crippen LogP contribution >= 0.6 is 47.0 Å². The van der Waals surface area contributed by atoms with Crippen LogP contribution in [0.1, 0.15) is 7.43 Å². The van der Waals surface area contributed by atoms with Crippen LogP contribution in [0.25, 0.3) is 22.1 Å². The summed E-state index contributed by atoms with van der Waals surface area (Å²) in [5, 5.41) is 2.28. The first-order valence-corrected chi connectivity index (χ1v) is 12.7. The number of nitrogens with zero attached hydrogens (tertiary/aromatic N) is 2.